The van der Waals surface area contributed by atoms with Gasteiger partial charge in [0.25, 0.3) is 11.8 Å². The Hall–Kier alpha value is -2.68. The molecular weight excluding hydrogens is 454 g/mol. The van der Waals surface area contributed by atoms with Gasteiger partial charge in [-0.3, -0.25) is 9.59 Å². The largest absolute Gasteiger partial charge is 0.391 e. The van der Waals surface area contributed by atoms with Crippen LogP contribution in [0, 0.1) is 13.8 Å². The molecule has 2 aromatic carbocycles. The quantitative estimate of drug-likeness (QED) is 0.536. The third kappa shape index (κ3) is 5.63. The van der Waals surface area contributed by atoms with Crippen LogP contribution >= 0.6 is 23.1 Å². The normalized spacial score (nSPS) is 17.5. The van der Waals surface area contributed by atoms with Crippen LogP contribution in [0.25, 0.3) is 0 Å². The molecule has 1 aliphatic heterocycles. The fraction of sp³-hybridized carbons (Fsp3) is 0.280. The minimum Gasteiger partial charge on any atom is -0.391 e. The lowest BCUT2D eigenvalue weighted by Crippen LogP contribution is -2.43. The van der Waals surface area contributed by atoms with Gasteiger partial charge < -0.3 is 15.3 Å². The number of nitrogens with zero attached hydrogens (tertiary/aromatic N) is 2. The Labute approximate surface area is 202 Å². The highest BCUT2D eigenvalue weighted by atomic mass is 32.2. The van der Waals surface area contributed by atoms with Gasteiger partial charge in [0.2, 0.25) is 0 Å². The summed E-state index contributed by atoms with van der Waals surface area (Å²) < 4.78 is 0. The number of benzene rings is 2. The summed E-state index contributed by atoms with van der Waals surface area (Å²) in [5.74, 6) is 0.925. The van der Waals surface area contributed by atoms with E-state index in [9.17, 15) is 14.7 Å². The smallest absolute Gasteiger partial charge is 0.255 e. The number of nitrogens with one attached hydrogen (secondary N) is 1. The monoisotopic (exact) mass is 480 g/mol. The molecule has 171 valence electrons. The molecular formula is C25H26N3O3S2. The van der Waals surface area contributed by atoms with E-state index in [1.807, 2.05) is 47.5 Å². The number of hydrogen-bond acceptors (Lipinski definition) is 6. The number of hydrogen-bond donors (Lipinski definition) is 2. The van der Waals surface area contributed by atoms with Gasteiger partial charge in [0, 0.05) is 28.0 Å². The van der Waals surface area contributed by atoms with Gasteiger partial charge in [-0.15, -0.1) is 23.1 Å². The first-order chi connectivity index (χ1) is 15.9. The fourth-order valence-electron chi connectivity index (χ4n) is 3.73. The molecule has 0 bridgehead atoms. The van der Waals surface area contributed by atoms with E-state index in [0.29, 0.717) is 23.4 Å². The number of aliphatic hydroxyl groups excluding tert-OH is 1. The average molecular weight is 481 g/mol. The number of thioether (sulfide) groups is 1. The molecule has 33 heavy (non-hydrogen) atoms. The van der Waals surface area contributed by atoms with Crippen molar-refractivity contribution >= 4 is 34.9 Å². The van der Waals surface area contributed by atoms with E-state index in [4.69, 9.17) is 0 Å². The van der Waals surface area contributed by atoms with Gasteiger partial charge in [0.1, 0.15) is 5.01 Å². The summed E-state index contributed by atoms with van der Waals surface area (Å²) in [4.78, 5) is 32.6. The molecule has 2 heterocycles. The molecule has 1 saturated heterocycles. The molecule has 1 aliphatic rings. The Morgan fingerprint density at radius 2 is 1.97 bits per heavy atom. The van der Waals surface area contributed by atoms with Gasteiger partial charge in [0.15, 0.2) is 0 Å². The Morgan fingerprint density at radius 1 is 1.21 bits per heavy atom. The van der Waals surface area contributed by atoms with Crippen LogP contribution in [-0.4, -0.2) is 50.6 Å². The zero-order chi connectivity index (χ0) is 23.4. The standard InChI is InChI=1S/C25H26N3O3S2/c1-16-13-33-24(26-16)22-14-32-15-28(22)25(31)20-10-6-9-19(12-20)23(30)27-21(17(2)29)11-18-7-4-3-5-8-18/h3-10,12-13,17,21-22,29H,2,11,14-15H2,1H3,(H,27,30)/t17-,21?,22-/m1/s1. The Kier molecular flexibility index (Phi) is 7.47. The summed E-state index contributed by atoms with van der Waals surface area (Å²) in [5, 5.41) is 15.9. The zero-order valence-corrected chi connectivity index (χ0v) is 19.9. The highest BCUT2D eigenvalue weighted by Gasteiger charge is 2.33. The van der Waals surface area contributed by atoms with Crippen molar-refractivity contribution in [3.63, 3.8) is 0 Å². The van der Waals surface area contributed by atoms with Crippen LogP contribution in [0.5, 0.6) is 0 Å². The number of aryl methyl sites for hydroxylation is 1. The topological polar surface area (TPSA) is 82.5 Å². The SMILES string of the molecule is [CH2][C@@H](O)C(Cc1ccccc1)NC(=O)c1cccc(C(=O)N2CSC[C@@H]2c2nc(C)cs2)c1. The van der Waals surface area contributed by atoms with E-state index < -0.39 is 12.1 Å². The molecule has 4 rings (SSSR count). The van der Waals surface area contributed by atoms with E-state index in [1.165, 1.54) is 0 Å². The van der Waals surface area contributed by atoms with Crippen molar-refractivity contribution < 1.29 is 14.7 Å². The number of amides is 2. The molecule has 1 aromatic heterocycles. The van der Waals surface area contributed by atoms with E-state index in [2.05, 4.69) is 17.2 Å². The van der Waals surface area contributed by atoms with Crippen LogP contribution in [-0.2, 0) is 6.42 Å². The Balaban J connectivity index is 1.48. The first-order valence-electron chi connectivity index (χ1n) is 10.7. The van der Waals surface area contributed by atoms with Gasteiger partial charge in [-0.25, -0.2) is 4.98 Å². The van der Waals surface area contributed by atoms with Gasteiger partial charge in [-0.2, -0.15) is 0 Å². The van der Waals surface area contributed by atoms with Crippen molar-refractivity contribution in [3.8, 4) is 0 Å². The molecule has 1 fully saturated rings. The molecule has 1 radical (unpaired) electrons. The molecule has 2 N–H and O–H groups in total. The second kappa shape index (κ2) is 10.5. The zero-order valence-electron chi connectivity index (χ0n) is 18.3. The minimum atomic E-state index is -0.969. The average Bonchev–Trinajstić information content (AvgIpc) is 3.47. The van der Waals surface area contributed by atoms with Crippen molar-refractivity contribution in [1.29, 1.82) is 0 Å². The Morgan fingerprint density at radius 3 is 2.67 bits per heavy atom. The van der Waals surface area contributed by atoms with E-state index >= 15 is 0 Å². The molecule has 3 aromatic rings. The lowest BCUT2D eigenvalue weighted by molar-refractivity contribution is 0.0746. The second-order valence-corrected chi connectivity index (χ2v) is 9.93. The first-order valence-corrected chi connectivity index (χ1v) is 12.7. The van der Waals surface area contributed by atoms with Crippen molar-refractivity contribution in [1.82, 2.24) is 15.2 Å². The van der Waals surface area contributed by atoms with Crippen molar-refractivity contribution in [2.75, 3.05) is 11.6 Å². The first kappa shape index (κ1) is 23.5. The van der Waals surface area contributed by atoms with E-state index in [1.54, 1.807) is 47.4 Å². The maximum atomic E-state index is 13.3. The van der Waals surface area contributed by atoms with Crippen molar-refractivity contribution in [3.05, 3.63) is 94.3 Å². The van der Waals surface area contributed by atoms with Gasteiger partial charge in [-0.05, 0) is 44.0 Å². The summed E-state index contributed by atoms with van der Waals surface area (Å²) >= 11 is 3.27. The van der Waals surface area contributed by atoms with Gasteiger partial charge in [0.05, 0.1) is 24.1 Å². The minimum absolute atomic E-state index is 0.0600. The van der Waals surface area contributed by atoms with E-state index in [-0.39, 0.29) is 17.9 Å². The molecule has 0 saturated carbocycles. The van der Waals surface area contributed by atoms with Crippen LogP contribution in [0.2, 0.25) is 0 Å². The molecule has 8 heteroatoms. The molecule has 2 amide bonds. The van der Waals surface area contributed by atoms with Crippen LogP contribution in [0.1, 0.15) is 43.0 Å². The highest BCUT2D eigenvalue weighted by molar-refractivity contribution is 7.99. The summed E-state index contributed by atoms with van der Waals surface area (Å²) in [7, 11) is 0. The van der Waals surface area contributed by atoms with Crippen molar-refractivity contribution in [2.45, 2.75) is 31.5 Å². The van der Waals surface area contributed by atoms with Crippen LogP contribution in [0.15, 0.2) is 60.0 Å². The lowest BCUT2D eigenvalue weighted by atomic mass is 10.0. The van der Waals surface area contributed by atoms with Gasteiger partial charge in [-0.1, -0.05) is 36.4 Å². The van der Waals surface area contributed by atoms with Crippen LogP contribution in [0.3, 0.4) is 0 Å². The van der Waals surface area contributed by atoms with E-state index in [0.717, 1.165) is 22.0 Å². The fourth-order valence-corrected chi connectivity index (χ4v) is 5.91. The molecule has 1 unspecified atom stereocenters. The lowest BCUT2D eigenvalue weighted by Gasteiger charge is -2.23. The number of aliphatic hydroxyl groups is 1. The Bertz CT molecular complexity index is 1120. The molecule has 0 spiro atoms. The third-order valence-corrected chi connectivity index (χ3v) is 7.59. The summed E-state index contributed by atoms with van der Waals surface area (Å²) in [6.07, 6.45) is -0.515. The van der Waals surface area contributed by atoms with Crippen LogP contribution < -0.4 is 5.32 Å². The van der Waals surface area contributed by atoms with Gasteiger partial charge >= 0.3 is 0 Å². The summed E-state index contributed by atoms with van der Waals surface area (Å²) in [6, 6.07) is 15.7. The molecule has 6 nitrogen and oxygen atoms in total. The predicted octanol–water partition coefficient (Wildman–Crippen LogP) is 3.88. The van der Waals surface area contributed by atoms with Crippen molar-refractivity contribution in [2.24, 2.45) is 0 Å². The highest BCUT2D eigenvalue weighted by Crippen LogP contribution is 2.35. The second-order valence-electron chi connectivity index (χ2n) is 8.04. The number of carbonyl (C=O) groups excluding carboxylic acids is 2. The summed E-state index contributed by atoms with van der Waals surface area (Å²) in [5.41, 5.74) is 2.77. The maximum absolute atomic E-state index is 13.3. The number of rotatable bonds is 7. The summed E-state index contributed by atoms with van der Waals surface area (Å²) in [6.45, 7) is 5.64. The third-order valence-electron chi connectivity index (χ3n) is 5.52. The predicted molar refractivity (Wildman–Crippen MR) is 132 cm³/mol. The molecule has 3 atom stereocenters. The number of carbonyl (C=O) groups is 2. The molecule has 0 aliphatic carbocycles. The number of thiazole rings is 1. The van der Waals surface area contributed by atoms with Crippen LogP contribution in [0.4, 0.5) is 0 Å². The number of aromatic nitrogens is 1. The maximum Gasteiger partial charge on any atom is 0.255 e.